The number of carbonyl (C=O) groups excluding carboxylic acids is 3. The molecule has 0 atom stereocenters. The predicted octanol–water partition coefficient (Wildman–Crippen LogP) is 2.60. The quantitative estimate of drug-likeness (QED) is 0.527. The van der Waals surface area contributed by atoms with Crippen molar-refractivity contribution in [3.05, 3.63) is 64.7 Å². The molecule has 0 radical (unpaired) electrons. The summed E-state index contributed by atoms with van der Waals surface area (Å²) >= 11 is 5.78. The maximum Gasteiger partial charge on any atom is 0.252 e. The largest absolute Gasteiger partial charge is 0.480 e. The predicted molar refractivity (Wildman–Crippen MR) is 106 cm³/mol. The van der Waals surface area contributed by atoms with Crippen LogP contribution < -0.4 is 15.8 Å². The SMILES string of the molecule is NC(=O)c1ccccc1OCC#CCNC(=O)CCC(=O)c1ccc(Cl)cc1. The lowest BCUT2D eigenvalue weighted by Gasteiger charge is -2.05. The van der Waals surface area contributed by atoms with Crippen molar-refractivity contribution < 1.29 is 19.1 Å². The van der Waals surface area contributed by atoms with Crippen molar-refractivity contribution in [2.45, 2.75) is 12.8 Å². The van der Waals surface area contributed by atoms with Crippen molar-refractivity contribution in [1.29, 1.82) is 0 Å². The Morgan fingerprint density at radius 2 is 1.71 bits per heavy atom. The number of nitrogens with two attached hydrogens (primary N) is 1. The normalized spacial score (nSPS) is 9.75. The highest BCUT2D eigenvalue weighted by Gasteiger charge is 2.09. The summed E-state index contributed by atoms with van der Waals surface area (Å²) in [6.45, 7) is 0.185. The van der Waals surface area contributed by atoms with Gasteiger partial charge in [0.2, 0.25) is 5.91 Å². The molecular weight excluding hydrogens is 380 g/mol. The van der Waals surface area contributed by atoms with E-state index in [2.05, 4.69) is 17.2 Å². The number of hydrogen-bond acceptors (Lipinski definition) is 4. The molecule has 144 valence electrons. The molecule has 0 aliphatic heterocycles. The van der Waals surface area contributed by atoms with Crippen LogP contribution in [-0.2, 0) is 4.79 Å². The van der Waals surface area contributed by atoms with Gasteiger partial charge in [-0.05, 0) is 36.4 Å². The first-order valence-corrected chi connectivity index (χ1v) is 8.88. The summed E-state index contributed by atoms with van der Waals surface area (Å²) in [6, 6.07) is 13.1. The molecule has 0 aliphatic rings. The topological polar surface area (TPSA) is 98.5 Å². The van der Waals surface area contributed by atoms with Gasteiger partial charge in [-0.25, -0.2) is 0 Å². The second-order valence-electron chi connectivity index (χ2n) is 5.71. The van der Waals surface area contributed by atoms with E-state index in [0.29, 0.717) is 16.3 Å². The number of hydrogen-bond donors (Lipinski definition) is 2. The standard InChI is InChI=1S/C21H19ClN2O4/c22-16-9-7-15(8-10-16)18(25)11-12-20(26)24-13-3-4-14-28-19-6-2-1-5-17(19)21(23)27/h1-2,5-10H,11-14H2,(H2,23,27)(H,24,26). The minimum atomic E-state index is -0.580. The zero-order valence-electron chi connectivity index (χ0n) is 15.0. The van der Waals surface area contributed by atoms with E-state index in [0.717, 1.165) is 0 Å². The fourth-order valence-electron chi connectivity index (χ4n) is 2.26. The molecule has 0 bridgehead atoms. The molecule has 7 heteroatoms. The van der Waals surface area contributed by atoms with Crippen molar-refractivity contribution in [2.24, 2.45) is 5.73 Å². The Morgan fingerprint density at radius 1 is 1.00 bits per heavy atom. The molecule has 0 unspecified atom stereocenters. The molecule has 3 N–H and O–H groups in total. The number of rotatable bonds is 8. The first kappa shape index (κ1) is 21.0. The fourth-order valence-corrected chi connectivity index (χ4v) is 2.39. The molecule has 2 rings (SSSR count). The molecule has 6 nitrogen and oxygen atoms in total. The first-order valence-electron chi connectivity index (χ1n) is 8.50. The zero-order valence-corrected chi connectivity index (χ0v) is 15.8. The minimum absolute atomic E-state index is 0.0508. The second-order valence-corrected chi connectivity index (χ2v) is 6.15. The number of primary amides is 1. The Kier molecular flexibility index (Phi) is 8.07. The number of benzene rings is 2. The van der Waals surface area contributed by atoms with Crippen molar-refractivity contribution in [3.63, 3.8) is 0 Å². The highest BCUT2D eigenvalue weighted by molar-refractivity contribution is 6.30. The van der Waals surface area contributed by atoms with E-state index < -0.39 is 5.91 Å². The van der Waals surface area contributed by atoms with Gasteiger partial charge >= 0.3 is 0 Å². The van der Waals surface area contributed by atoms with E-state index in [1.54, 1.807) is 48.5 Å². The summed E-state index contributed by atoms with van der Waals surface area (Å²) in [6.07, 6.45) is 0.180. The average molecular weight is 399 g/mol. The van der Waals surface area contributed by atoms with Crippen molar-refractivity contribution >= 4 is 29.2 Å². The number of ketones is 1. The van der Waals surface area contributed by atoms with Crippen LogP contribution in [0.15, 0.2) is 48.5 Å². The third kappa shape index (κ3) is 6.78. The highest BCUT2D eigenvalue weighted by atomic mass is 35.5. The van der Waals surface area contributed by atoms with E-state index in [-0.39, 0.29) is 43.2 Å². The van der Waals surface area contributed by atoms with Gasteiger partial charge in [-0.15, -0.1) is 0 Å². The average Bonchev–Trinajstić information content (AvgIpc) is 2.69. The summed E-state index contributed by atoms with van der Waals surface area (Å²) in [7, 11) is 0. The molecule has 0 spiro atoms. The van der Waals surface area contributed by atoms with Crippen molar-refractivity contribution in [1.82, 2.24) is 5.32 Å². The van der Waals surface area contributed by atoms with Gasteiger partial charge in [0.15, 0.2) is 5.78 Å². The van der Waals surface area contributed by atoms with Gasteiger partial charge < -0.3 is 15.8 Å². The molecule has 0 fully saturated rings. The lowest BCUT2D eigenvalue weighted by atomic mass is 10.1. The number of carbonyl (C=O) groups is 3. The molecule has 2 amide bonds. The zero-order chi connectivity index (χ0) is 20.4. The van der Waals surface area contributed by atoms with Crippen LogP contribution in [0.2, 0.25) is 5.02 Å². The van der Waals surface area contributed by atoms with E-state index >= 15 is 0 Å². The Labute approximate surface area is 168 Å². The van der Waals surface area contributed by atoms with Gasteiger partial charge in [-0.2, -0.15) is 0 Å². The second kappa shape index (κ2) is 10.8. The van der Waals surface area contributed by atoms with Crippen LogP contribution in [0.5, 0.6) is 5.75 Å². The summed E-state index contributed by atoms with van der Waals surface area (Å²) in [5.41, 5.74) is 6.06. The minimum Gasteiger partial charge on any atom is -0.480 e. The number of ether oxygens (including phenoxy) is 1. The number of halogens is 1. The maximum absolute atomic E-state index is 12.0. The summed E-state index contributed by atoms with van der Waals surface area (Å²) in [5.74, 6) is 4.85. The van der Waals surface area contributed by atoms with Crippen LogP contribution >= 0.6 is 11.6 Å². The van der Waals surface area contributed by atoms with Crippen LogP contribution in [0, 0.1) is 11.8 Å². The Bertz CT molecular complexity index is 914. The summed E-state index contributed by atoms with van der Waals surface area (Å²) < 4.78 is 5.40. The Balaban J connectivity index is 1.68. The molecule has 2 aromatic carbocycles. The molecule has 0 saturated heterocycles. The Hall–Kier alpha value is -3.30. The summed E-state index contributed by atoms with van der Waals surface area (Å²) in [5, 5.41) is 3.16. The molecule has 0 aromatic heterocycles. The van der Waals surface area contributed by atoms with Crippen molar-refractivity contribution in [3.8, 4) is 17.6 Å². The third-order valence-electron chi connectivity index (χ3n) is 3.70. The molecule has 0 heterocycles. The van der Waals surface area contributed by atoms with Gasteiger partial charge in [-0.1, -0.05) is 35.6 Å². The van der Waals surface area contributed by atoms with Crippen molar-refractivity contribution in [2.75, 3.05) is 13.2 Å². The molecule has 2 aromatic rings. The molecule has 0 aliphatic carbocycles. The van der Waals surface area contributed by atoms with Gasteiger partial charge in [0.05, 0.1) is 12.1 Å². The monoisotopic (exact) mass is 398 g/mol. The summed E-state index contributed by atoms with van der Waals surface area (Å²) in [4.78, 5) is 35.0. The Morgan fingerprint density at radius 3 is 2.43 bits per heavy atom. The number of nitrogens with one attached hydrogen (secondary N) is 1. The fraction of sp³-hybridized carbons (Fsp3) is 0.190. The van der Waals surface area contributed by atoms with E-state index in [1.165, 1.54) is 0 Å². The lowest BCUT2D eigenvalue weighted by molar-refractivity contribution is -0.120. The van der Waals surface area contributed by atoms with Crippen LogP contribution in [0.25, 0.3) is 0 Å². The number of Topliss-reactive ketones (excluding diaryl/α,β-unsaturated/α-hetero) is 1. The highest BCUT2D eigenvalue weighted by Crippen LogP contribution is 2.16. The van der Waals surface area contributed by atoms with E-state index in [4.69, 9.17) is 22.1 Å². The lowest BCUT2D eigenvalue weighted by Crippen LogP contribution is -2.24. The van der Waals surface area contributed by atoms with E-state index in [1.807, 2.05) is 0 Å². The third-order valence-corrected chi connectivity index (χ3v) is 3.95. The molecular formula is C21H19ClN2O4. The number of para-hydroxylation sites is 1. The molecule has 0 saturated carbocycles. The molecule has 28 heavy (non-hydrogen) atoms. The first-order chi connectivity index (χ1) is 13.5. The van der Waals surface area contributed by atoms with E-state index in [9.17, 15) is 14.4 Å². The van der Waals surface area contributed by atoms with Crippen LogP contribution in [0.1, 0.15) is 33.6 Å². The van der Waals surface area contributed by atoms with Crippen LogP contribution in [-0.4, -0.2) is 30.7 Å². The smallest absolute Gasteiger partial charge is 0.252 e. The van der Waals surface area contributed by atoms with Gasteiger partial charge in [0.25, 0.3) is 5.91 Å². The number of amides is 2. The van der Waals surface area contributed by atoms with Crippen LogP contribution in [0.4, 0.5) is 0 Å². The van der Waals surface area contributed by atoms with Gasteiger partial charge in [0, 0.05) is 23.4 Å². The van der Waals surface area contributed by atoms with Gasteiger partial charge in [0.1, 0.15) is 12.4 Å². The maximum atomic E-state index is 12.0. The van der Waals surface area contributed by atoms with Gasteiger partial charge in [-0.3, -0.25) is 14.4 Å². The van der Waals surface area contributed by atoms with Crippen LogP contribution in [0.3, 0.4) is 0 Å².